The zero-order valence-electron chi connectivity index (χ0n) is 19.8. The van der Waals surface area contributed by atoms with Crippen molar-refractivity contribution >= 4 is 0 Å². The molecule has 1 heterocycles. The van der Waals surface area contributed by atoms with E-state index >= 15 is 0 Å². The number of nitrogens with zero attached hydrogens (tertiary/aromatic N) is 2. The van der Waals surface area contributed by atoms with Gasteiger partial charge in [-0.1, -0.05) is 111 Å². The fraction of sp³-hybridized carbons (Fsp3) is 0.923. The molecule has 0 aromatic rings. The summed E-state index contributed by atoms with van der Waals surface area (Å²) < 4.78 is 0. The maximum atomic E-state index is 2.66. The molecule has 1 atom stereocenters. The second-order valence-corrected chi connectivity index (χ2v) is 8.99. The van der Waals surface area contributed by atoms with E-state index in [9.17, 15) is 0 Å². The Morgan fingerprint density at radius 2 is 0.821 bits per heavy atom. The number of unbranched alkanes of at least 4 members (excludes halogenated alkanes) is 14. The third-order valence-corrected chi connectivity index (χ3v) is 6.32. The lowest BCUT2D eigenvalue weighted by Crippen LogP contribution is -2.39. The quantitative estimate of drug-likeness (QED) is 0.192. The van der Waals surface area contributed by atoms with Crippen molar-refractivity contribution in [3.05, 3.63) is 12.4 Å². The molecular weight excluding hydrogens is 340 g/mol. The van der Waals surface area contributed by atoms with E-state index < -0.39 is 0 Å². The van der Waals surface area contributed by atoms with Crippen LogP contribution in [0.4, 0.5) is 0 Å². The van der Waals surface area contributed by atoms with Crippen LogP contribution in [0.25, 0.3) is 0 Å². The molecule has 1 unspecified atom stereocenters. The Bertz CT molecular complexity index is 352. The van der Waals surface area contributed by atoms with Gasteiger partial charge in [-0.2, -0.15) is 0 Å². The standard InChI is InChI=1S/C26H52N2/c1-4-7-10-13-14-15-16-18-21-26-27(22-19-12-9-6-3)24-25-28(26)23-20-17-11-8-5-2/h24-26H,4-23H2,1-3H3. The molecule has 1 aliphatic rings. The summed E-state index contributed by atoms with van der Waals surface area (Å²) in [5, 5.41) is 0. The Morgan fingerprint density at radius 1 is 0.464 bits per heavy atom. The highest BCUT2D eigenvalue weighted by molar-refractivity contribution is 4.96. The van der Waals surface area contributed by atoms with Crippen molar-refractivity contribution in [1.29, 1.82) is 0 Å². The molecule has 166 valence electrons. The van der Waals surface area contributed by atoms with Crippen molar-refractivity contribution in [2.45, 2.75) is 143 Å². The van der Waals surface area contributed by atoms with Gasteiger partial charge in [-0.3, -0.25) is 0 Å². The molecule has 0 aromatic carbocycles. The highest BCUT2D eigenvalue weighted by atomic mass is 15.4. The lowest BCUT2D eigenvalue weighted by atomic mass is 10.1. The zero-order chi connectivity index (χ0) is 20.3. The third-order valence-electron chi connectivity index (χ3n) is 6.32. The summed E-state index contributed by atoms with van der Waals surface area (Å²) in [6.07, 6.45) is 30.6. The van der Waals surface area contributed by atoms with Gasteiger partial charge in [-0.15, -0.1) is 0 Å². The molecule has 0 saturated carbocycles. The molecule has 0 N–H and O–H groups in total. The first-order valence-corrected chi connectivity index (χ1v) is 13.0. The summed E-state index contributed by atoms with van der Waals surface area (Å²) in [5.74, 6) is 0. The van der Waals surface area contributed by atoms with Crippen molar-refractivity contribution < 1.29 is 0 Å². The summed E-state index contributed by atoms with van der Waals surface area (Å²) in [6, 6.07) is 0. The molecule has 2 heteroatoms. The normalized spacial score (nSPS) is 16.5. The third kappa shape index (κ3) is 12.0. The van der Waals surface area contributed by atoms with E-state index in [1.54, 1.807) is 0 Å². The molecule has 0 fully saturated rings. The first-order chi connectivity index (χ1) is 13.8. The molecule has 1 rings (SSSR count). The topological polar surface area (TPSA) is 6.48 Å². The van der Waals surface area contributed by atoms with Crippen LogP contribution < -0.4 is 0 Å². The van der Waals surface area contributed by atoms with E-state index in [-0.39, 0.29) is 0 Å². The number of rotatable bonds is 20. The van der Waals surface area contributed by atoms with Crippen LogP contribution in [-0.4, -0.2) is 29.1 Å². The molecule has 0 radical (unpaired) electrons. The minimum atomic E-state index is 0.646. The Hall–Kier alpha value is -0.660. The van der Waals surface area contributed by atoms with Gasteiger partial charge in [0.05, 0.1) is 0 Å². The molecule has 0 bridgehead atoms. The second-order valence-electron chi connectivity index (χ2n) is 8.99. The first-order valence-electron chi connectivity index (χ1n) is 13.0. The van der Waals surface area contributed by atoms with E-state index in [2.05, 4.69) is 43.0 Å². The predicted molar refractivity (Wildman–Crippen MR) is 126 cm³/mol. The van der Waals surface area contributed by atoms with Gasteiger partial charge in [0.1, 0.15) is 6.17 Å². The molecule has 0 aliphatic carbocycles. The van der Waals surface area contributed by atoms with Gasteiger partial charge in [0.2, 0.25) is 0 Å². The van der Waals surface area contributed by atoms with Gasteiger partial charge in [0, 0.05) is 25.5 Å². The Morgan fingerprint density at radius 3 is 1.29 bits per heavy atom. The Labute approximate surface area is 178 Å². The number of hydrogen-bond donors (Lipinski definition) is 0. The van der Waals surface area contributed by atoms with Crippen molar-refractivity contribution in [1.82, 2.24) is 9.80 Å². The Kier molecular flexibility index (Phi) is 16.7. The van der Waals surface area contributed by atoms with Crippen LogP contribution in [0.3, 0.4) is 0 Å². The van der Waals surface area contributed by atoms with Gasteiger partial charge < -0.3 is 9.80 Å². The summed E-state index contributed by atoms with van der Waals surface area (Å²) in [7, 11) is 0. The van der Waals surface area contributed by atoms with Crippen LogP contribution in [0.5, 0.6) is 0 Å². The molecule has 0 spiro atoms. The number of hydrogen-bond acceptors (Lipinski definition) is 2. The van der Waals surface area contributed by atoms with Crippen LogP contribution in [0.2, 0.25) is 0 Å². The average Bonchev–Trinajstić information content (AvgIpc) is 3.09. The predicted octanol–water partition coefficient (Wildman–Crippen LogP) is 8.48. The van der Waals surface area contributed by atoms with Crippen LogP contribution in [-0.2, 0) is 0 Å². The summed E-state index contributed by atoms with van der Waals surface area (Å²) in [6.45, 7) is 9.43. The molecule has 1 aliphatic heterocycles. The highest BCUT2D eigenvalue weighted by Gasteiger charge is 2.24. The van der Waals surface area contributed by atoms with E-state index in [1.165, 1.54) is 129 Å². The SMILES string of the molecule is CCCCCCCCCCC1N(CCCCCC)C=CN1CCCCCCC. The molecule has 0 saturated heterocycles. The minimum Gasteiger partial charge on any atom is -0.356 e. The molecular formula is C26H52N2. The lowest BCUT2D eigenvalue weighted by Gasteiger charge is -2.33. The maximum Gasteiger partial charge on any atom is 0.101 e. The largest absolute Gasteiger partial charge is 0.356 e. The lowest BCUT2D eigenvalue weighted by molar-refractivity contribution is 0.135. The molecule has 28 heavy (non-hydrogen) atoms. The smallest absolute Gasteiger partial charge is 0.101 e. The molecule has 2 nitrogen and oxygen atoms in total. The van der Waals surface area contributed by atoms with E-state index in [0.29, 0.717) is 6.17 Å². The summed E-state index contributed by atoms with van der Waals surface area (Å²) >= 11 is 0. The van der Waals surface area contributed by atoms with Crippen molar-refractivity contribution in [3.63, 3.8) is 0 Å². The van der Waals surface area contributed by atoms with Gasteiger partial charge in [-0.25, -0.2) is 0 Å². The zero-order valence-corrected chi connectivity index (χ0v) is 19.8. The second kappa shape index (κ2) is 18.4. The monoisotopic (exact) mass is 392 g/mol. The van der Waals surface area contributed by atoms with Gasteiger partial charge in [0.25, 0.3) is 0 Å². The van der Waals surface area contributed by atoms with E-state index in [4.69, 9.17) is 0 Å². The van der Waals surface area contributed by atoms with Crippen molar-refractivity contribution in [3.8, 4) is 0 Å². The van der Waals surface area contributed by atoms with Crippen molar-refractivity contribution in [2.24, 2.45) is 0 Å². The fourth-order valence-electron chi connectivity index (χ4n) is 4.42. The molecule has 0 aromatic heterocycles. The highest BCUT2D eigenvalue weighted by Crippen LogP contribution is 2.23. The van der Waals surface area contributed by atoms with Crippen LogP contribution >= 0.6 is 0 Å². The molecule has 0 amide bonds. The van der Waals surface area contributed by atoms with Crippen molar-refractivity contribution in [2.75, 3.05) is 13.1 Å². The fourth-order valence-corrected chi connectivity index (χ4v) is 4.42. The van der Waals surface area contributed by atoms with Crippen LogP contribution in [0, 0.1) is 0 Å². The summed E-state index contributed by atoms with van der Waals surface area (Å²) in [4.78, 5) is 5.32. The Balaban J connectivity index is 2.29. The van der Waals surface area contributed by atoms with Crippen LogP contribution in [0.1, 0.15) is 136 Å². The van der Waals surface area contributed by atoms with Crippen LogP contribution in [0.15, 0.2) is 12.4 Å². The minimum absolute atomic E-state index is 0.646. The first kappa shape index (κ1) is 25.4. The summed E-state index contributed by atoms with van der Waals surface area (Å²) in [5.41, 5.74) is 0. The van der Waals surface area contributed by atoms with Gasteiger partial charge >= 0.3 is 0 Å². The van der Waals surface area contributed by atoms with Gasteiger partial charge in [-0.05, 0) is 25.7 Å². The van der Waals surface area contributed by atoms with E-state index in [0.717, 1.165) is 0 Å². The van der Waals surface area contributed by atoms with Gasteiger partial charge in [0.15, 0.2) is 0 Å². The van der Waals surface area contributed by atoms with E-state index in [1.807, 2.05) is 0 Å². The average molecular weight is 393 g/mol. The maximum absolute atomic E-state index is 2.66.